The lowest BCUT2D eigenvalue weighted by Crippen LogP contribution is -2.50. The molecule has 1 aliphatic carbocycles. The van der Waals surface area contributed by atoms with Crippen LogP contribution < -0.4 is 10.5 Å². The van der Waals surface area contributed by atoms with Crippen molar-refractivity contribution in [1.82, 2.24) is 24.0 Å². The number of hydrogen-bond acceptors (Lipinski definition) is 6. The largest absolute Gasteiger partial charge is 0.494 e. The summed E-state index contributed by atoms with van der Waals surface area (Å²) in [5.41, 5.74) is 12.6. The van der Waals surface area contributed by atoms with Crippen LogP contribution in [0.1, 0.15) is 59.5 Å². The van der Waals surface area contributed by atoms with Gasteiger partial charge < -0.3 is 29.6 Å². The molecule has 3 aliphatic rings. The minimum atomic E-state index is -1.14. The zero-order valence-electron chi connectivity index (χ0n) is 26.9. The fourth-order valence-electron chi connectivity index (χ4n) is 7.51. The van der Waals surface area contributed by atoms with Crippen molar-refractivity contribution < 1.29 is 23.5 Å². The summed E-state index contributed by atoms with van der Waals surface area (Å²) >= 11 is 0. The quantitative estimate of drug-likeness (QED) is 0.306. The molecule has 1 aromatic carbocycles. The smallest absolute Gasteiger partial charge is 0.255 e. The van der Waals surface area contributed by atoms with Gasteiger partial charge in [0.15, 0.2) is 0 Å². The van der Waals surface area contributed by atoms with Crippen LogP contribution in [0, 0.1) is 12.8 Å². The lowest BCUT2D eigenvalue weighted by Gasteiger charge is -2.33. The number of fused-ring (bicyclic) bond motifs is 2. The Labute approximate surface area is 268 Å². The molecule has 3 aromatic heterocycles. The summed E-state index contributed by atoms with van der Waals surface area (Å²) in [6, 6.07) is 10.1. The number of hydrogen-bond donors (Lipinski definition) is 1. The molecule has 2 N–H and O–H groups in total. The number of alkyl halides is 1. The zero-order valence-corrected chi connectivity index (χ0v) is 26.9. The molecule has 2 atom stereocenters. The topological polar surface area (TPSA) is 107 Å². The highest BCUT2D eigenvalue weighted by molar-refractivity contribution is 5.96. The first-order chi connectivity index (χ1) is 22.2. The lowest BCUT2D eigenvalue weighted by atomic mass is 9.88. The highest BCUT2D eigenvalue weighted by Gasteiger charge is 2.32. The molecule has 3 fully saturated rings. The summed E-state index contributed by atoms with van der Waals surface area (Å²) in [5.74, 6) is 1.28. The average Bonchev–Trinajstić information content (AvgIpc) is 3.72. The summed E-state index contributed by atoms with van der Waals surface area (Å²) in [7, 11) is 3.15. The number of ether oxygens (including phenoxy) is 2. The van der Waals surface area contributed by atoms with Crippen molar-refractivity contribution in [2.75, 3.05) is 47.0 Å². The highest BCUT2D eigenvalue weighted by atomic mass is 19.1. The second-order valence-electron chi connectivity index (χ2n) is 13.3. The number of nitrogens with two attached hydrogens (primary N) is 1. The number of piperidine rings is 2. The van der Waals surface area contributed by atoms with E-state index in [2.05, 4.69) is 28.8 Å². The van der Waals surface area contributed by atoms with E-state index in [0.29, 0.717) is 29.7 Å². The second kappa shape index (κ2) is 12.3. The van der Waals surface area contributed by atoms with Gasteiger partial charge in [0.1, 0.15) is 29.7 Å². The molecule has 10 nitrogen and oxygen atoms in total. The van der Waals surface area contributed by atoms with Crippen molar-refractivity contribution in [3.8, 4) is 17.1 Å². The number of likely N-dealkylation sites (tertiary alicyclic amines) is 2. The zero-order chi connectivity index (χ0) is 32.1. The molecule has 244 valence electrons. The molecule has 2 saturated heterocycles. The van der Waals surface area contributed by atoms with Crippen molar-refractivity contribution in [3.05, 3.63) is 53.2 Å². The number of carbonyl (C=O) groups excluding carboxylic acids is 2. The third-order valence-corrected chi connectivity index (χ3v) is 10.0. The fraction of sp³-hybridized carbons (Fsp3) is 0.514. The Morgan fingerprint density at radius 2 is 1.83 bits per heavy atom. The van der Waals surface area contributed by atoms with E-state index in [-0.39, 0.29) is 37.4 Å². The number of rotatable bonds is 8. The molecule has 5 heterocycles. The van der Waals surface area contributed by atoms with Crippen molar-refractivity contribution in [2.45, 2.75) is 63.7 Å². The molecule has 46 heavy (non-hydrogen) atoms. The predicted octanol–water partition coefficient (Wildman–Crippen LogP) is 4.55. The van der Waals surface area contributed by atoms with Crippen molar-refractivity contribution >= 4 is 28.2 Å². The Morgan fingerprint density at radius 3 is 2.52 bits per heavy atom. The van der Waals surface area contributed by atoms with E-state index < -0.39 is 6.17 Å². The SMILES string of the molecule is COCC(=O)N1CCC(c2cccc3cc(-c4nn5cc(C(=O)N6C[C@H](N)C[C@@H](F)C6)cc(OC)c5c4C)n(CC4CC4)c23)CC1. The van der Waals surface area contributed by atoms with E-state index in [1.165, 1.54) is 34.2 Å². The predicted molar refractivity (Wildman–Crippen MR) is 174 cm³/mol. The van der Waals surface area contributed by atoms with E-state index in [9.17, 15) is 14.0 Å². The minimum absolute atomic E-state index is 0.0301. The van der Waals surface area contributed by atoms with E-state index in [4.69, 9.17) is 20.3 Å². The number of methoxy groups -OCH3 is 2. The van der Waals surface area contributed by atoms with E-state index >= 15 is 0 Å². The van der Waals surface area contributed by atoms with Crippen molar-refractivity contribution in [2.24, 2.45) is 11.7 Å². The first-order valence-corrected chi connectivity index (χ1v) is 16.4. The van der Waals surface area contributed by atoms with Crippen molar-refractivity contribution in [1.29, 1.82) is 0 Å². The number of para-hydroxylation sites is 1. The number of aromatic nitrogens is 3. The standard InChI is InChI=1S/C35H43FN6O4/c1-21-32(38-42-17-25(14-30(46-3)33(21)42)35(44)40-18-26(36)15-27(37)19-40)29-13-24-5-4-6-28(34(24)41(29)16-22-7-8-22)23-9-11-39(12-10-23)31(43)20-45-2/h4-6,13-14,17,22-23,26-27H,7-12,15-16,18-20,37H2,1-3H3/t26-,27-/m1/s1. The van der Waals surface area contributed by atoms with Gasteiger partial charge in [-0.2, -0.15) is 5.10 Å². The third kappa shape index (κ3) is 5.64. The summed E-state index contributed by atoms with van der Waals surface area (Å²) in [6.07, 6.45) is 5.09. The number of amides is 2. The summed E-state index contributed by atoms with van der Waals surface area (Å²) in [6.45, 7) is 4.87. The number of benzene rings is 1. The van der Waals surface area contributed by atoms with Gasteiger partial charge in [0, 0.05) is 56.5 Å². The van der Waals surface area contributed by atoms with Crippen LogP contribution in [0.15, 0.2) is 36.5 Å². The van der Waals surface area contributed by atoms with Crippen LogP contribution in [-0.2, 0) is 16.1 Å². The molecular weight excluding hydrogens is 587 g/mol. The molecule has 0 unspecified atom stereocenters. The molecule has 4 aromatic rings. The maximum atomic E-state index is 14.3. The van der Waals surface area contributed by atoms with Gasteiger partial charge >= 0.3 is 0 Å². The summed E-state index contributed by atoms with van der Waals surface area (Å²) in [5, 5.41) is 6.25. The molecule has 1 saturated carbocycles. The lowest BCUT2D eigenvalue weighted by molar-refractivity contribution is -0.136. The van der Waals surface area contributed by atoms with Crippen LogP contribution in [0.3, 0.4) is 0 Å². The number of pyridine rings is 1. The Hall–Kier alpha value is -3.96. The van der Waals surface area contributed by atoms with Gasteiger partial charge in [-0.15, -0.1) is 0 Å². The normalized spacial score (nSPS) is 21.0. The third-order valence-electron chi connectivity index (χ3n) is 10.0. The van der Waals surface area contributed by atoms with Gasteiger partial charge in [-0.05, 0) is 68.6 Å². The van der Waals surface area contributed by atoms with E-state index in [1.807, 2.05) is 11.8 Å². The summed E-state index contributed by atoms with van der Waals surface area (Å²) in [4.78, 5) is 29.4. The Morgan fingerprint density at radius 1 is 1.04 bits per heavy atom. The molecule has 0 spiro atoms. The molecule has 7 rings (SSSR count). The maximum absolute atomic E-state index is 14.3. The van der Waals surface area contributed by atoms with Gasteiger partial charge in [-0.1, -0.05) is 18.2 Å². The number of nitrogens with zero attached hydrogens (tertiary/aromatic N) is 5. The molecule has 0 radical (unpaired) electrons. The van der Waals surface area contributed by atoms with Crippen LogP contribution >= 0.6 is 0 Å². The van der Waals surface area contributed by atoms with Gasteiger partial charge in [0.25, 0.3) is 5.91 Å². The first-order valence-electron chi connectivity index (χ1n) is 16.4. The molecule has 2 aliphatic heterocycles. The monoisotopic (exact) mass is 630 g/mol. The Balaban J connectivity index is 1.28. The Bertz CT molecular complexity index is 1780. The van der Waals surface area contributed by atoms with Gasteiger partial charge in [-0.25, -0.2) is 8.91 Å². The van der Waals surface area contributed by atoms with E-state index in [1.54, 1.807) is 31.0 Å². The molecular formula is C35H43FN6O4. The first kappa shape index (κ1) is 30.7. The molecule has 0 bridgehead atoms. The molecule has 11 heteroatoms. The number of halogens is 1. The fourth-order valence-corrected chi connectivity index (χ4v) is 7.51. The van der Waals surface area contributed by atoms with Crippen LogP contribution in [0.25, 0.3) is 27.8 Å². The highest BCUT2D eigenvalue weighted by Crippen LogP contribution is 2.42. The number of aryl methyl sites for hydroxylation is 1. The van der Waals surface area contributed by atoms with Gasteiger partial charge in [0.2, 0.25) is 5.91 Å². The Kier molecular flexibility index (Phi) is 8.23. The maximum Gasteiger partial charge on any atom is 0.255 e. The van der Waals surface area contributed by atoms with Crippen LogP contribution in [0.5, 0.6) is 5.75 Å². The molecule has 2 amide bonds. The average molecular weight is 631 g/mol. The van der Waals surface area contributed by atoms with Crippen LogP contribution in [0.4, 0.5) is 4.39 Å². The second-order valence-corrected chi connectivity index (χ2v) is 13.3. The van der Waals surface area contributed by atoms with Crippen molar-refractivity contribution in [3.63, 3.8) is 0 Å². The van der Waals surface area contributed by atoms with Gasteiger partial charge in [0.05, 0.1) is 30.4 Å². The van der Waals surface area contributed by atoms with Crippen LogP contribution in [0.2, 0.25) is 0 Å². The number of carbonyl (C=O) groups is 2. The van der Waals surface area contributed by atoms with Gasteiger partial charge in [-0.3, -0.25) is 9.59 Å². The summed E-state index contributed by atoms with van der Waals surface area (Å²) < 4.78 is 29.4. The van der Waals surface area contributed by atoms with E-state index in [0.717, 1.165) is 54.9 Å². The minimum Gasteiger partial charge on any atom is -0.494 e. The van der Waals surface area contributed by atoms with Crippen LogP contribution in [-0.4, -0.2) is 95.0 Å².